The molecule has 29 heavy (non-hydrogen) atoms. The summed E-state index contributed by atoms with van der Waals surface area (Å²) < 4.78 is 74.8. The van der Waals surface area contributed by atoms with Crippen LogP contribution >= 0.6 is 31.9 Å². The quantitative estimate of drug-likeness (QED) is 0.334. The molecule has 3 N–H and O–H groups in total. The summed E-state index contributed by atoms with van der Waals surface area (Å²) in [6, 6.07) is 7.09. The Kier molecular flexibility index (Phi) is 7.50. The zero-order valence-electron chi connectivity index (χ0n) is 14.7. The van der Waals surface area contributed by atoms with Crippen molar-refractivity contribution in [3.8, 4) is 0 Å². The van der Waals surface area contributed by atoms with Crippen molar-refractivity contribution < 1.29 is 31.4 Å². The average Bonchev–Trinajstić information content (AvgIpc) is 2.99. The van der Waals surface area contributed by atoms with Gasteiger partial charge in [-0.3, -0.25) is 0 Å². The van der Waals surface area contributed by atoms with E-state index in [1.807, 2.05) is 0 Å². The number of hydrogen-bond donors (Lipinski definition) is 2. The van der Waals surface area contributed by atoms with Crippen LogP contribution in [-0.4, -0.2) is 24.3 Å². The highest BCUT2D eigenvalue weighted by Gasteiger charge is 2.32. The van der Waals surface area contributed by atoms with Gasteiger partial charge >= 0.3 is 12.4 Å². The number of alkyl halides is 6. The van der Waals surface area contributed by atoms with Gasteiger partial charge in [0.1, 0.15) is 0 Å². The molecule has 3 nitrogen and oxygen atoms in total. The number of β-amino-alcohol motifs (C(OH)–C–C–N with tert-alkyl or cyclic N) is 1. The number of anilines is 2. The summed E-state index contributed by atoms with van der Waals surface area (Å²) in [5.41, 5.74) is 4.39. The summed E-state index contributed by atoms with van der Waals surface area (Å²) in [5.74, 6) is 0. The van der Waals surface area contributed by atoms with Crippen LogP contribution in [0, 0.1) is 0 Å². The van der Waals surface area contributed by atoms with Gasteiger partial charge in [0.05, 0.1) is 17.2 Å². The number of benzene rings is 2. The molecule has 0 bridgehead atoms. The summed E-state index contributed by atoms with van der Waals surface area (Å²) in [5, 5.41) is 9.38. The first-order valence-corrected chi connectivity index (χ1v) is 9.78. The van der Waals surface area contributed by atoms with Crippen LogP contribution in [0.25, 0.3) is 0 Å². The zero-order chi connectivity index (χ0) is 22.0. The molecule has 1 atom stereocenters. The number of nitrogen functional groups attached to an aromatic ring is 1. The second kappa shape index (κ2) is 9.13. The van der Waals surface area contributed by atoms with Crippen LogP contribution in [0.1, 0.15) is 17.5 Å². The predicted molar refractivity (Wildman–Crippen MR) is 106 cm³/mol. The molecule has 1 aliphatic heterocycles. The van der Waals surface area contributed by atoms with E-state index in [1.165, 1.54) is 6.07 Å². The molecule has 3 rings (SSSR count). The topological polar surface area (TPSA) is 49.5 Å². The van der Waals surface area contributed by atoms with Crippen molar-refractivity contribution in [1.29, 1.82) is 0 Å². The lowest BCUT2D eigenvalue weighted by Gasteiger charge is -2.20. The molecule has 1 unspecified atom stereocenters. The maximum atomic E-state index is 12.6. The number of halogens is 8. The maximum absolute atomic E-state index is 12.6. The Morgan fingerprint density at radius 1 is 0.862 bits per heavy atom. The highest BCUT2D eigenvalue weighted by Crippen LogP contribution is 2.35. The lowest BCUT2D eigenvalue weighted by molar-refractivity contribution is -0.138. The largest absolute Gasteiger partial charge is 0.416 e. The van der Waals surface area contributed by atoms with Crippen molar-refractivity contribution >= 4 is 43.2 Å². The van der Waals surface area contributed by atoms with E-state index < -0.39 is 29.6 Å². The van der Waals surface area contributed by atoms with Crippen molar-refractivity contribution in [3.05, 3.63) is 56.5 Å². The molecule has 2 aromatic carbocycles. The second-order valence-electron chi connectivity index (χ2n) is 6.36. The third-order valence-corrected chi connectivity index (χ3v) is 4.90. The third-order valence-electron chi connectivity index (χ3n) is 3.99. The molecule has 1 saturated heterocycles. The Balaban J connectivity index is 0.000000221. The van der Waals surface area contributed by atoms with E-state index in [2.05, 4.69) is 31.9 Å². The normalized spacial score (nSPS) is 17.1. The van der Waals surface area contributed by atoms with Crippen LogP contribution in [0.15, 0.2) is 45.3 Å². The number of nitrogens with two attached hydrogens (primary N) is 1. The summed E-state index contributed by atoms with van der Waals surface area (Å²) >= 11 is 6.00. The molecule has 0 amide bonds. The van der Waals surface area contributed by atoms with Crippen molar-refractivity contribution in [2.75, 3.05) is 23.7 Å². The van der Waals surface area contributed by atoms with Gasteiger partial charge in [0.2, 0.25) is 0 Å². The molecule has 1 heterocycles. The van der Waals surface area contributed by atoms with Crippen LogP contribution in [-0.2, 0) is 12.4 Å². The van der Waals surface area contributed by atoms with Gasteiger partial charge in [-0.05, 0) is 42.8 Å². The molecule has 2 aromatic rings. The highest BCUT2D eigenvalue weighted by molar-refractivity contribution is 9.10. The number of aliphatic hydroxyl groups excluding tert-OH is 1. The van der Waals surface area contributed by atoms with Crippen molar-refractivity contribution in [2.45, 2.75) is 24.9 Å². The van der Waals surface area contributed by atoms with Crippen LogP contribution in [0.5, 0.6) is 0 Å². The Hall–Kier alpha value is -1.46. The zero-order valence-corrected chi connectivity index (χ0v) is 17.8. The number of rotatable bonds is 1. The molecule has 0 spiro atoms. The minimum atomic E-state index is -4.35. The van der Waals surface area contributed by atoms with Gasteiger partial charge in [0.15, 0.2) is 0 Å². The maximum Gasteiger partial charge on any atom is 0.416 e. The first-order valence-electron chi connectivity index (χ1n) is 8.20. The van der Waals surface area contributed by atoms with Crippen molar-refractivity contribution in [2.24, 2.45) is 0 Å². The van der Waals surface area contributed by atoms with Crippen LogP contribution in [0.3, 0.4) is 0 Å². The predicted octanol–water partition coefficient (Wildman–Crippen LogP) is 6.09. The van der Waals surface area contributed by atoms with Crippen molar-refractivity contribution in [3.63, 3.8) is 0 Å². The van der Waals surface area contributed by atoms with Crippen LogP contribution in [0.2, 0.25) is 0 Å². The van der Waals surface area contributed by atoms with Gasteiger partial charge in [-0.25, -0.2) is 0 Å². The molecule has 1 aliphatic rings. The minimum Gasteiger partial charge on any atom is -0.399 e. The standard InChI is InChI=1S/C11H11BrF3NO.C7H5BrF3N/c12-8-3-7(11(13,14)15)4-9(5-8)16-2-1-10(17)6-16;8-5-1-4(7(9,10)11)2-6(12)3-5/h3-5,10,17H,1-2,6H2;1-3H,12H2. The van der Waals surface area contributed by atoms with Gasteiger partial charge in [-0.15, -0.1) is 0 Å². The Bertz CT molecular complexity index is 837. The number of nitrogens with zero attached hydrogens (tertiary/aromatic N) is 1. The van der Waals surface area contributed by atoms with E-state index in [1.54, 1.807) is 11.0 Å². The van der Waals surface area contributed by atoms with E-state index in [-0.39, 0.29) is 5.69 Å². The molecule has 0 aliphatic carbocycles. The summed E-state index contributed by atoms with van der Waals surface area (Å²) in [6.45, 7) is 0.961. The highest BCUT2D eigenvalue weighted by atomic mass is 79.9. The monoisotopic (exact) mass is 548 g/mol. The Labute approximate surface area is 179 Å². The molecule has 0 saturated carbocycles. The van der Waals surface area contributed by atoms with Gasteiger partial charge < -0.3 is 15.7 Å². The van der Waals surface area contributed by atoms with E-state index in [0.29, 0.717) is 34.1 Å². The average molecular weight is 550 g/mol. The number of hydrogen-bond acceptors (Lipinski definition) is 3. The fourth-order valence-corrected chi connectivity index (χ4v) is 3.66. The lowest BCUT2D eigenvalue weighted by Crippen LogP contribution is -2.21. The Morgan fingerprint density at radius 2 is 1.38 bits per heavy atom. The first kappa shape index (κ1) is 23.8. The SMILES string of the molecule is Nc1cc(Br)cc(C(F)(F)F)c1.OC1CCN(c2cc(Br)cc(C(F)(F)F)c2)C1. The molecular weight excluding hydrogens is 534 g/mol. The third kappa shape index (κ3) is 7.07. The molecule has 0 radical (unpaired) electrons. The van der Waals surface area contributed by atoms with E-state index in [0.717, 1.165) is 24.3 Å². The lowest BCUT2D eigenvalue weighted by atomic mass is 10.2. The van der Waals surface area contributed by atoms with Gasteiger partial charge in [0.25, 0.3) is 0 Å². The summed E-state index contributed by atoms with van der Waals surface area (Å²) in [4.78, 5) is 1.75. The molecule has 11 heteroatoms. The van der Waals surface area contributed by atoms with Crippen LogP contribution < -0.4 is 10.6 Å². The second-order valence-corrected chi connectivity index (χ2v) is 8.19. The molecule has 1 fully saturated rings. The molecule has 0 aromatic heterocycles. The van der Waals surface area contributed by atoms with Gasteiger partial charge in [-0.1, -0.05) is 31.9 Å². The fourth-order valence-electron chi connectivity index (χ4n) is 2.67. The van der Waals surface area contributed by atoms with Gasteiger partial charge in [-0.2, -0.15) is 26.3 Å². The minimum absolute atomic E-state index is 0.0942. The summed E-state index contributed by atoms with van der Waals surface area (Å²) in [6.07, 6.45) is -8.55. The van der Waals surface area contributed by atoms with Crippen molar-refractivity contribution in [1.82, 2.24) is 0 Å². The van der Waals surface area contributed by atoms with E-state index in [9.17, 15) is 31.4 Å². The van der Waals surface area contributed by atoms with Crippen LogP contribution in [0.4, 0.5) is 37.7 Å². The smallest absolute Gasteiger partial charge is 0.399 e. The fraction of sp³-hybridized carbons (Fsp3) is 0.333. The Morgan fingerprint density at radius 3 is 1.83 bits per heavy atom. The van der Waals surface area contributed by atoms with E-state index in [4.69, 9.17) is 5.73 Å². The summed E-state index contributed by atoms with van der Waals surface area (Å²) in [7, 11) is 0. The van der Waals surface area contributed by atoms with Gasteiger partial charge in [0, 0.05) is 33.4 Å². The molecular formula is C18H16Br2F6N2O. The first-order chi connectivity index (χ1) is 13.3. The van der Waals surface area contributed by atoms with E-state index >= 15 is 0 Å². The molecule has 160 valence electrons. The number of aliphatic hydroxyl groups is 1.